The first kappa shape index (κ1) is 19.9. The van der Waals surface area contributed by atoms with Crippen LogP contribution in [-0.4, -0.2) is 34.1 Å². The Morgan fingerprint density at radius 3 is 2.63 bits per heavy atom. The Kier molecular flexibility index (Phi) is 6.13. The molecule has 0 aliphatic rings. The Morgan fingerprint density at radius 2 is 2.07 bits per heavy atom. The highest BCUT2D eigenvalue weighted by atomic mass is 19.1. The average Bonchev–Trinajstić information content (AvgIpc) is 2.65. The van der Waals surface area contributed by atoms with Crippen molar-refractivity contribution in [1.29, 1.82) is 5.26 Å². The summed E-state index contributed by atoms with van der Waals surface area (Å²) in [6, 6.07) is 6.03. The fourth-order valence-corrected chi connectivity index (χ4v) is 2.52. The lowest BCUT2D eigenvalue weighted by Crippen LogP contribution is -2.44. The van der Waals surface area contributed by atoms with Gasteiger partial charge in [0.1, 0.15) is 18.2 Å². The van der Waals surface area contributed by atoms with Crippen LogP contribution in [0.25, 0.3) is 0 Å². The van der Waals surface area contributed by atoms with E-state index in [-0.39, 0.29) is 24.4 Å². The van der Waals surface area contributed by atoms with Crippen molar-refractivity contribution in [1.82, 2.24) is 14.0 Å². The average molecular weight is 374 g/mol. The maximum atomic E-state index is 13.8. The van der Waals surface area contributed by atoms with Gasteiger partial charge in [0.15, 0.2) is 11.6 Å². The molecular formula is C18H19FN4O4. The third kappa shape index (κ3) is 4.23. The van der Waals surface area contributed by atoms with Gasteiger partial charge in [-0.15, -0.1) is 0 Å². The Morgan fingerprint density at radius 1 is 1.37 bits per heavy atom. The van der Waals surface area contributed by atoms with Crippen LogP contribution < -0.4 is 16.0 Å². The van der Waals surface area contributed by atoms with Gasteiger partial charge in [-0.05, 0) is 24.6 Å². The van der Waals surface area contributed by atoms with Crippen LogP contribution in [0.2, 0.25) is 0 Å². The molecule has 0 atom stereocenters. The number of likely N-dealkylation sites (N-methyl/N-ethyl adjacent to an activating group) is 1. The van der Waals surface area contributed by atoms with E-state index in [9.17, 15) is 18.8 Å². The summed E-state index contributed by atoms with van der Waals surface area (Å²) in [5.41, 5.74) is -1.18. The number of rotatable bonds is 6. The molecule has 0 unspecified atom stereocenters. The van der Waals surface area contributed by atoms with Crippen LogP contribution in [0.5, 0.6) is 5.75 Å². The number of nitriles is 1. The molecular weight excluding hydrogens is 355 g/mol. The van der Waals surface area contributed by atoms with Gasteiger partial charge in [-0.25, -0.2) is 13.8 Å². The van der Waals surface area contributed by atoms with E-state index in [1.54, 1.807) is 19.1 Å². The Labute approximate surface area is 154 Å². The second-order valence-electron chi connectivity index (χ2n) is 5.83. The van der Waals surface area contributed by atoms with Crippen LogP contribution in [-0.2, 0) is 24.4 Å². The van der Waals surface area contributed by atoms with E-state index in [2.05, 4.69) is 0 Å². The molecule has 0 saturated carbocycles. The topological polar surface area (TPSA) is 97.3 Å². The Bertz CT molecular complexity index is 1020. The second-order valence-corrected chi connectivity index (χ2v) is 5.83. The van der Waals surface area contributed by atoms with Gasteiger partial charge in [0.05, 0.1) is 7.11 Å². The molecule has 9 heteroatoms. The number of hydrogen-bond acceptors (Lipinski definition) is 5. The van der Waals surface area contributed by atoms with Crippen molar-refractivity contribution in [2.24, 2.45) is 0 Å². The first-order valence-electron chi connectivity index (χ1n) is 8.13. The molecule has 1 aromatic heterocycles. The summed E-state index contributed by atoms with van der Waals surface area (Å²) in [4.78, 5) is 38.2. The van der Waals surface area contributed by atoms with Gasteiger partial charge in [-0.3, -0.25) is 14.2 Å². The van der Waals surface area contributed by atoms with Crippen LogP contribution in [0.1, 0.15) is 18.1 Å². The summed E-state index contributed by atoms with van der Waals surface area (Å²) < 4.78 is 20.5. The molecule has 0 fully saturated rings. The maximum Gasteiger partial charge on any atom is 0.331 e. The smallest absolute Gasteiger partial charge is 0.331 e. The first-order chi connectivity index (χ1) is 12.8. The molecule has 1 heterocycles. The number of amides is 1. The van der Waals surface area contributed by atoms with E-state index >= 15 is 0 Å². The van der Waals surface area contributed by atoms with Crippen molar-refractivity contribution in [3.8, 4) is 11.8 Å². The number of aromatic nitrogens is 2. The largest absolute Gasteiger partial charge is 0.494 e. The molecule has 2 rings (SSSR count). The Balaban J connectivity index is 2.24. The lowest BCUT2D eigenvalue weighted by Gasteiger charge is -2.18. The first-order valence-corrected chi connectivity index (χ1v) is 8.13. The van der Waals surface area contributed by atoms with Crippen LogP contribution >= 0.6 is 0 Å². The zero-order valence-electron chi connectivity index (χ0n) is 15.2. The monoisotopic (exact) mass is 374 g/mol. The number of benzene rings is 1. The molecule has 0 saturated heterocycles. The van der Waals surface area contributed by atoms with Crippen LogP contribution in [0.4, 0.5) is 4.39 Å². The summed E-state index contributed by atoms with van der Waals surface area (Å²) in [6.07, 6.45) is 1.18. The van der Waals surface area contributed by atoms with Crippen LogP contribution in [0.3, 0.4) is 0 Å². The summed E-state index contributed by atoms with van der Waals surface area (Å²) in [7, 11) is 2.83. The van der Waals surface area contributed by atoms with Gasteiger partial charge in [-0.2, -0.15) is 5.26 Å². The van der Waals surface area contributed by atoms with E-state index in [0.29, 0.717) is 5.56 Å². The Hall–Kier alpha value is -3.41. The molecule has 8 nitrogen and oxygen atoms in total. The SMILES string of the molecule is CCn1cc(C#N)c(=O)n(CC(=O)N(C)Cc2ccc(OC)c(F)c2)c1=O. The molecule has 0 aliphatic carbocycles. The van der Waals surface area contributed by atoms with Gasteiger partial charge >= 0.3 is 5.69 Å². The normalized spacial score (nSPS) is 10.3. The minimum absolute atomic E-state index is 0.0778. The van der Waals surface area contributed by atoms with Gasteiger partial charge < -0.3 is 9.64 Å². The summed E-state index contributed by atoms with van der Waals surface area (Å²) in [5.74, 6) is -0.990. The summed E-state index contributed by atoms with van der Waals surface area (Å²) in [6.45, 7) is 1.50. The predicted octanol–water partition coefficient (Wildman–Crippen LogP) is 0.708. The van der Waals surface area contributed by atoms with E-state index in [1.807, 2.05) is 0 Å². The quantitative estimate of drug-likeness (QED) is 0.742. The maximum absolute atomic E-state index is 13.8. The number of nitrogens with zero attached hydrogens (tertiary/aromatic N) is 4. The minimum atomic E-state index is -0.815. The fraction of sp³-hybridized carbons (Fsp3) is 0.333. The van der Waals surface area contributed by atoms with Crippen molar-refractivity contribution < 1.29 is 13.9 Å². The third-order valence-electron chi connectivity index (χ3n) is 4.05. The number of hydrogen-bond donors (Lipinski definition) is 0. The zero-order valence-corrected chi connectivity index (χ0v) is 15.2. The minimum Gasteiger partial charge on any atom is -0.494 e. The third-order valence-corrected chi connectivity index (χ3v) is 4.05. The standard InChI is InChI=1S/C18H19FN4O4/c1-4-22-10-13(8-20)17(25)23(18(22)26)11-16(24)21(2)9-12-5-6-15(27-3)14(19)7-12/h5-7,10H,4,9,11H2,1-3H3. The number of methoxy groups -OCH3 is 1. The van der Waals surface area contributed by atoms with E-state index in [1.165, 1.54) is 42.0 Å². The summed E-state index contributed by atoms with van der Waals surface area (Å²) in [5, 5.41) is 9.04. The van der Waals surface area contributed by atoms with Crippen molar-refractivity contribution in [2.45, 2.75) is 26.6 Å². The predicted molar refractivity (Wildman–Crippen MR) is 94.8 cm³/mol. The van der Waals surface area contributed by atoms with Gasteiger partial charge in [0.25, 0.3) is 5.56 Å². The number of carbonyl (C=O) groups excluding carboxylic acids is 1. The zero-order chi connectivity index (χ0) is 20.1. The van der Waals surface area contributed by atoms with Crippen molar-refractivity contribution in [3.05, 3.63) is 62.2 Å². The van der Waals surface area contributed by atoms with Gasteiger partial charge in [0, 0.05) is 26.3 Å². The molecule has 27 heavy (non-hydrogen) atoms. The number of halogens is 1. The molecule has 0 spiro atoms. The summed E-state index contributed by atoms with van der Waals surface area (Å²) >= 11 is 0. The highest BCUT2D eigenvalue weighted by molar-refractivity contribution is 5.75. The van der Waals surface area contributed by atoms with Crippen molar-refractivity contribution in [2.75, 3.05) is 14.2 Å². The molecule has 1 amide bonds. The highest BCUT2D eigenvalue weighted by Gasteiger charge is 2.17. The molecule has 0 bridgehead atoms. The van der Waals surface area contributed by atoms with E-state index in [0.717, 1.165) is 4.57 Å². The van der Waals surface area contributed by atoms with Gasteiger partial charge in [0.2, 0.25) is 5.91 Å². The molecule has 0 radical (unpaired) electrons. The molecule has 1 aromatic carbocycles. The number of aryl methyl sites for hydroxylation is 1. The molecule has 142 valence electrons. The van der Waals surface area contributed by atoms with E-state index < -0.39 is 29.5 Å². The van der Waals surface area contributed by atoms with E-state index in [4.69, 9.17) is 10.00 Å². The molecule has 0 N–H and O–H groups in total. The van der Waals surface area contributed by atoms with Crippen LogP contribution in [0.15, 0.2) is 34.0 Å². The number of ether oxygens (including phenoxy) is 1. The van der Waals surface area contributed by atoms with Crippen LogP contribution in [0, 0.1) is 17.1 Å². The van der Waals surface area contributed by atoms with Crippen molar-refractivity contribution >= 4 is 5.91 Å². The fourth-order valence-electron chi connectivity index (χ4n) is 2.52. The number of carbonyl (C=O) groups is 1. The molecule has 2 aromatic rings. The highest BCUT2D eigenvalue weighted by Crippen LogP contribution is 2.18. The lowest BCUT2D eigenvalue weighted by atomic mass is 10.2. The second kappa shape index (κ2) is 8.31. The molecule has 0 aliphatic heterocycles. The van der Waals surface area contributed by atoms with Crippen molar-refractivity contribution in [3.63, 3.8) is 0 Å². The van der Waals surface area contributed by atoms with Gasteiger partial charge in [-0.1, -0.05) is 6.07 Å². The lowest BCUT2D eigenvalue weighted by molar-refractivity contribution is -0.131.